The lowest BCUT2D eigenvalue weighted by Gasteiger charge is -2.21. The Labute approximate surface area is 161 Å². The predicted octanol–water partition coefficient (Wildman–Crippen LogP) is 3.96. The van der Waals surface area contributed by atoms with Crippen LogP contribution in [-0.2, 0) is 9.53 Å². The smallest absolute Gasteiger partial charge is 0.408 e. The number of nitrogens with one attached hydrogen (secondary N) is 3. The SMILES string of the molecule is C[C@H](NC(=O)OC(C)(C)C)C(=O)Nc1ncccc1Nc1cc(F)cc(F)c1. The van der Waals surface area contributed by atoms with E-state index < -0.39 is 35.3 Å². The number of benzene rings is 1. The van der Waals surface area contributed by atoms with E-state index in [1.807, 2.05) is 0 Å². The minimum atomic E-state index is -0.906. The standard InChI is InChI=1S/C19H22F2N4O3/c1-11(23-18(27)28-19(2,3)4)17(26)25-16-15(6-5-7-22-16)24-14-9-12(20)8-13(21)10-14/h5-11,24H,1-4H3,(H,23,27)(H,22,25,26)/t11-/m0/s1. The van der Waals surface area contributed by atoms with Crippen LogP contribution in [0.1, 0.15) is 27.7 Å². The third kappa shape index (κ3) is 6.49. The molecule has 150 valence electrons. The van der Waals surface area contributed by atoms with E-state index in [0.717, 1.165) is 18.2 Å². The lowest BCUT2D eigenvalue weighted by atomic mass is 10.2. The highest BCUT2D eigenvalue weighted by atomic mass is 19.1. The Bertz CT molecular complexity index is 848. The molecule has 1 aromatic heterocycles. The van der Waals surface area contributed by atoms with Gasteiger partial charge >= 0.3 is 6.09 Å². The van der Waals surface area contributed by atoms with E-state index in [1.165, 1.54) is 13.1 Å². The molecule has 1 heterocycles. The van der Waals surface area contributed by atoms with Crippen molar-refractivity contribution in [3.63, 3.8) is 0 Å². The molecule has 0 unspecified atom stereocenters. The van der Waals surface area contributed by atoms with Crippen LogP contribution in [0, 0.1) is 11.6 Å². The van der Waals surface area contributed by atoms with Gasteiger partial charge in [-0.25, -0.2) is 18.6 Å². The van der Waals surface area contributed by atoms with Crippen LogP contribution in [0.5, 0.6) is 0 Å². The van der Waals surface area contributed by atoms with Crippen molar-refractivity contribution in [1.82, 2.24) is 10.3 Å². The molecule has 0 radical (unpaired) electrons. The summed E-state index contributed by atoms with van der Waals surface area (Å²) >= 11 is 0. The predicted molar refractivity (Wildman–Crippen MR) is 101 cm³/mol. The van der Waals surface area contributed by atoms with Gasteiger partial charge in [-0.2, -0.15) is 0 Å². The first-order valence-corrected chi connectivity index (χ1v) is 8.52. The third-order valence-electron chi connectivity index (χ3n) is 3.32. The summed E-state index contributed by atoms with van der Waals surface area (Å²) in [6.07, 6.45) is 0.712. The minimum Gasteiger partial charge on any atom is -0.444 e. The molecule has 0 spiro atoms. The number of rotatable bonds is 5. The maximum atomic E-state index is 13.4. The second kappa shape index (κ2) is 8.64. The van der Waals surface area contributed by atoms with Crippen LogP contribution in [-0.4, -0.2) is 28.6 Å². The molecule has 1 aromatic carbocycles. The monoisotopic (exact) mass is 392 g/mol. The van der Waals surface area contributed by atoms with Crippen molar-refractivity contribution < 1.29 is 23.1 Å². The first kappa shape index (κ1) is 21.1. The molecule has 9 heteroatoms. The maximum Gasteiger partial charge on any atom is 0.408 e. The van der Waals surface area contributed by atoms with E-state index in [1.54, 1.807) is 32.9 Å². The quantitative estimate of drug-likeness (QED) is 0.716. The molecule has 0 aliphatic heterocycles. The van der Waals surface area contributed by atoms with E-state index >= 15 is 0 Å². The normalized spacial score (nSPS) is 12.1. The molecule has 0 saturated heterocycles. The van der Waals surface area contributed by atoms with E-state index in [2.05, 4.69) is 20.9 Å². The number of alkyl carbamates (subject to hydrolysis) is 1. The molecular weight excluding hydrogens is 370 g/mol. The third-order valence-corrected chi connectivity index (χ3v) is 3.32. The van der Waals surface area contributed by atoms with Crippen LogP contribution in [0.15, 0.2) is 36.5 Å². The molecule has 1 atom stereocenters. The summed E-state index contributed by atoms with van der Waals surface area (Å²) < 4.78 is 31.8. The van der Waals surface area contributed by atoms with Crippen molar-refractivity contribution >= 4 is 29.2 Å². The molecular formula is C19H22F2N4O3. The average molecular weight is 392 g/mol. The van der Waals surface area contributed by atoms with Crippen LogP contribution in [0.4, 0.5) is 30.8 Å². The number of carbonyl (C=O) groups excluding carboxylic acids is 2. The largest absolute Gasteiger partial charge is 0.444 e. The van der Waals surface area contributed by atoms with E-state index in [-0.39, 0.29) is 11.5 Å². The Morgan fingerprint density at radius 2 is 1.79 bits per heavy atom. The van der Waals surface area contributed by atoms with Crippen molar-refractivity contribution in [2.24, 2.45) is 0 Å². The van der Waals surface area contributed by atoms with Crippen LogP contribution in [0.25, 0.3) is 0 Å². The van der Waals surface area contributed by atoms with Crippen molar-refractivity contribution in [1.29, 1.82) is 0 Å². The number of nitrogens with zero attached hydrogens (tertiary/aromatic N) is 1. The van der Waals surface area contributed by atoms with Gasteiger partial charge in [-0.3, -0.25) is 4.79 Å². The molecule has 2 aromatic rings. The van der Waals surface area contributed by atoms with Gasteiger partial charge in [0.2, 0.25) is 5.91 Å². The Morgan fingerprint density at radius 3 is 2.39 bits per heavy atom. The lowest BCUT2D eigenvalue weighted by Crippen LogP contribution is -2.44. The van der Waals surface area contributed by atoms with E-state index in [4.69, 9.17) is 4.74 Å². The van der Waals surface area contributed by atoms with Gasteiger partial charge < -0.3 is 20.7 Å². The first-order valence-electron chi connectivity index (χ1n) is 8.52. The van der Waals surface area contributed by atoms with E-state index in [0.29, 0.717) is 5.69 Å². The summed E-state index contributed by atoms with van der Waals surface area (Å²) in [6, 6.07) is 5.23. The molecule has 3 N–H and O–H groups in total. The Morgan fingerprint density at radius 1 is 1.14 bits per heavy atom. The molecule has 0 saturated carbocycles. The van der Waals surface area contributed by atoms with Gasteiger partial charge in [0.15, 0.2) is 5.82 Å². The average Bonchev–Trinajstić information content (AvgIpc) is 2.53. The van der Waals surface area contributed by atoms with E-state index in [9.17, 15) is 18.4 Å². The van der Waals surface area contributed by atoms with Crippen molar-refractivity contribution in [2.45, 2.75) is 39.3 Å². The molecule has 28 heavy (non-hydrogen) atoms. The fraction of sp³-hybridized carbons (Fsp3) is 0.316. The highest BCUT2D eigenvalue weighted by Gasteiger charge is 2.22. The maximum absolute atomic E-state index is 13.4. The number of amides is 2. The summed E-state index contributed by atoms with van der Waals surface area (Å²) in [7, 11) is 0. The zero-order valence-corrected chi connectivity index (χ0v) is 16.0. The summed E-state index contributed by atoms with van der Waals surface area (Å²) in [5, 5.41) is 7.78. The molecule has 0 bridgehead atoms. The molecule has 0 aliphatic carbocycles. The number of ether oxygens (including phenoxy) is 1. The summed E-state index contributed by atoms with van der Waals surface area (Å²) in [5.41, 5.74) is -0.218. The molecule has 2 amide bonds. The number of pyridine rings is 1. The highest BCUT2D eigenvalue weighted by Crippen LogP contribution is 2.24. The zero-order chi connectivity index (χ0) is 20.9. The van der Waals surface area contributed by atoms with Crippen LogP contribution >= 0.6 is 0 Å². The summed E-state index contributed by atoms with van der Waals surface area (Å²) in [6.45, 7) is 6.60. The molecule has 0 aliphatic rings. The number of anilines is 3. The van der Waals surface area contributed by atoms with Gasteiger partial charge in [-0.05, 0) is 52.0 Å². The molecule has 0 fully saturated rings. The number of aromatic nitrogens is 1. The molecule has 2 rings (SSSR count). The van der Waals surface area contributed by atoms with Crippen LogP contribution in [0.3, 0.4) is 0 Å². The number of carbonyl (C=O) groups is 2. The lowest BCUT2D eigenvalue weighted by molar-refractivity contribution is -0.117. The van der Waals surface area contributed by atoms with Gasteiger partial charge in [0.05, 0.1) is 5.69 Å². The van der Waals surface area contributed by atoms with Gasteiger partial charge in [0.25, 0.3) is 0 Å². The Kier molecular flexibility index (Phi) is 6.50. The van der Waals surface area contributed by atoms with Gasteiger partial charge in [0.1, 0.15) is 23.3 Å². The van der Waals surface area contributed by atoms with Crippen molar-refractivity contribution in [2.75, 3.05) is 10.6 Å². The van der Waals surface area contributed by atoms with Gasteiger partial charge in [-0.15, -0.1) is 0 Å². The van der Waals surface area contributed by atoms with Gasteiger partial charge in [-0.1, -0.05) is 0 Å². The number of halogens is 2. The summed E-state index contributed by atoms with van der Waals surface area (Å²) in [4.78, 5) is 28.2. The first-order chi connectivity index (χ1) is 13.0. The Balaban J connectivity index is 2.07. The molecule has 7 nitrogen and oxygen atoms in total. The fourth-order valence-corrected chi connectivity index (χ4v) is 2.16. The summed E-state index contributed by atoms with van der Waals surface area (Å²) in [5.74, 6) is -1.90. The number of hydrogen-bond acceptors (Lipinski definition) is 5. The second-order valence-corrected chi connectivity index (χ2v) is 7.04. The van der Waals surface area contributed by atoms with Crippen LogP contribution < -0.4 is 16.0 Å². The second-order valence-electron chi connectivity index (χ2n) is 7.04. The fourth-order valence-electron chi connectivity index (χ4n) is 2.16. The van der Waals surface area contributed by atoms with Crippen molar-refractivity contribution in [3.8, 4) is 0 Å². The van der Waals surface area contributed by atoms with Gasteiger partial charge in [0, 0.05) is 18.0 Å². The highest BCUT2D eigenvalue weighted by molar-refractivity contribution is 5.98. The Hall–Kier alpha value is -3.23. The van der Waals surface area contributed by atoms with Crippen molar-refractivity contribution in [3.05, 3.63) is 48.2 Å². The number of hydrogen-bond donors (Lipinski definition) is 3. The van der Waals surface area contributed by atoms with Crippen LogP contribution in [0.2, 0.25) is 0 Å². The zero-order valence-electron chi connectivity index (χ0n) is 16.0. The topological polar surface area (TPSA) is 92.3 Å². The minimum absolute atomic E-state index is 0.134.